The Morgan fingerprint density at radius 3 is 2.39 bits per heavy atom. The number of ether oxygens (including phenoxy) is 3. The van der Waals surface area contributed by atoms with Gasteiger partial charge >= 0.3 is 5.97 Å². The maximum atomic E-state index is 12.4. The van der Waals surface area contributed by atoms with Gasteiger partial charge in [0.25, 0.3) is 0 Å². The van der Waals surface area contributed by atoms with Crippen molar-refractivity contribution >= 4 is 28.7 Å². The Morgan fingerprint density at radius 1 is 0.871 bits per heavy atom. The van der Waals surface area contributed by atoms with E-state index in [9.17, 15) is 4.79 Å². The molecule has 0 fully saturated rings. The Bertz CT molecular complexity index is 1220. The molecule has 0 atom stereocenters. The quantitative estimate of drug-likeness (QED) is 0.286. The van der Waals surface area contributed by atoms with E-state index >= 15 is 0 Å². The zero-order valence-corrected chi connectivity index (χ0v) is 16.9. The third kappa shape index (κ3) is 4.56. The molecule has 0 amide bonds. The van der Waals surface area contributed by atoms with Crippen LogP contribution in [0.25, 0.3) is 16.8 Å². The average Bonchev–Trinajstić information content (AvgIpc) is 3.16. The van der Waals surface area contributed by atoms with E-state index in [1.807, 2.05) is 48.5 Å². The zero-order valence-electron chi connectivity index (χ0n) is 16.9. The second kappa shape index (κ2) is 9.13. The minimum absolute atomic E-state index is 0.220. The monoisotopic (exact) mass is 411 g/mol. The fraction of sp³-hybridized carbons (Fsp3) is 0.0769. The third-order valence-electron chi connectivity index (χ3n) is 4.60. The number of carbonyl (C=O) groups is 1. The van der Waals surface area contributed by atoms with Crippen molar-refractivity contribution in [3.05, 3.63) is 103 Å². The van der Waals surface area contributed by atoms with E-state index in [1.165, 1.54) is 0 Å². The molecule has 4 rings (SSSR count). The SMILES string of the molecule is C=CCOc1ccc(/C=C2/N=C(c3ccc4ccccc4c3)OC2=O)cc1OCC=C. The molecule has 0 bridgehead atoms. The molecule has 154 valence electrons. The average molecular weight is 411 g/mol. The van der Waals surface area contributed by atoms with Crippen molar-refractivity contribution in [1.82, 2.24) is 0 Å². The molecule has 5 nitrogen and oxygen atoms in total. The van der Waals surface area contributed by atoms with Crippen molar-refractivity contribution in [3.63, 3.8) is 0 Å². The summed E-state index contributed by atoms with van der Waals surface area (Å²) in [7, 11) is 0. The van der Waals surface area contributed by atoms with E-state index in [4.69, 9.17) is 14.2 Å². The van der Waals surface area contributed by atoms with E-state index in [0.717, 1.165) is 21.9 Å². The zero-order chi connectivity index (χ0) is 21.6. The number of benzene rings is 3. The summed E-state index contributed by atoms with van der Waals surface area (Å²) in [5.74, 6) is 0.916. The van der Waals surface area contributed by atoms with Crippen LogP contribution in [0.3, 0.4) is 0 Å². The van der Waals surface area contributed by atoms with Gasteiger partial charge in [0.05, 0.1) is 0 Å². The summed E-state index contributed by atoms with van der Waals surface area (Å²) >= 11 is 0. The Hall–Kier alpha value is -4.12. The molecule has 1 aliphatic rings. The number of carbonyl (C=O) groups excluding carboxylic acids is 1. The van der Waals surface area contributed by atoms with E-state index < -0.39 is 5.97 Å². The van der Waals surface area contributed by atoms with Crippen LogP contribution in [0.15, 0.2) is 96.7 Å². The summed E-state index contributed by atoms with van der Waals surface area (Å²) < 4.78 is 16.7. The molecule has 3 aromatic carbocycles. The number of hydrogen-bond acceptors (Lipinski definition) is 5. The van der Waals surface area contributed by atoms with Crippen LogP contribution in [0.5, 0.6) is 11.5 Å². The van der Waals surface area contributed by atoms with Gasteiger partial charge in [0.15, 0.2) is 17.2 Å². The minimum Gasteiger partial charge on any atom is -0.486 e. The molecule has 0 N–H and O–H groups in total. The second-order valence-electron chi connectivity index (χ2n) is 6.80. The van der Waals surface area contributed by atoms with Crippen LogP contribution in [-0.2, 0) is 9.53 Å². The maximum absolute atomic E-state index is 12.4. The Kier molecular flexibility index (Phi) is 5.94. The normalized spacial score (nSPS) is 14.3. The standard InChI is InChI=1S/C26H21NO4/c1-3-13-29-23-12-9-18(16-24(23)30-14-4-2)15-22-26(28)31-25(27-22)21-11-10-19-7-5-6-8-20(19)17-21/h3-12,15-17H,1-2,13-14H2/b22-15+. The molecule has 0 aliphatic carbocycles. The van der Waals surface area contributed by atoms with Gasteiger partial charge in [-0.15, -0.1) is 0 Å². The van der Waals surface area contributed by atoms with E-state index in [1.54, 1.807) is 30.4 Å². The number of nitrogens with zero attached hydrogens (tertiary/aromatic N) is 1. The smallest absolute Gasteiger partial charge is 0.363 e. The summed E-state index contributed by atoms with van der Waals surface area (Å²) in [6, 6.07) is 19.2. The molecule has 0 aromatic heterocycles. The van der Waals surface area contributed by atoms with Crippen molar-refractivity contribution in [2.45, 2.75) is 0 Å². The highest BCUT2D eigenvalue weighted by Gasteiger charge is 2.24. The predicted molar refractivity (Wildman–Crippen MR) is 122 cm³/mol. The van der Waals surface area contributed by atoms with E-state index in [2.05, 4.69) is 18.2 Å². The van der Waals surface area contributed by atoms with E-state index in [0.29, 0.717) is 24.7 Å². The lowest BCUT2D eigenvalue weighted by Crippen LogP contribution is -2.05. The molecule has 5 heteroatoms. The van der Waals surface area contributed by atoms with Gasteiger partial charge in [0.1, 0.15) is 13.2 Å². The number of cyclic esters (lactones) is 1. The number of esters is 1. The van der Waals surface area contributed by atoms with Crippen molar-refractivity contribution in [2.24, 2.45) is 4.99 Å². The molecule has 0 unspecified atom stereocenters. The fourth-order valence-corrected chi connectivity index (χ4v) is 3.16. The number of fused-ring (bicyclic) bond motifs is 1. The molecular formula is C26H21NO4. The molecule has 0 saturated carbocycles. The van der Waals surface area contributed by atoms with Gasteiger partial charge < -0.3 is 14.2 Å². The number of aliphatic imine (C=N–C) groups is 1. The summed E-state index contributed by atoms with van der Waals surface area (Å²) in [5.41, 5.74) is 1.71. The lowest BCUT2D eigenvalue weighted by atomic mass is 10.1. The molecular weight excluding hydrogens is 390 g/mol. The highest BCUT2D eigenvalue weighted by atomic mass is 16.6. The van der Waals surface area contributed by atoms with Gasteiger partial charge in [0.2, 0.25) is 5.90 Å². The molecule has 3 aromatic rings. The van der Waals surface area contributed by atoms with Crippen LogP contribution in [0.4, 0.5) is 0 Å². The van der Waals surface area contributed by atoms with Crippen molar-refractivity contribution in [2.75, 3.05) is 13.2 Å². The topological polar surface area (TPSA) is 57.1 Å². The highest BCUT2D eigenvalue weighted by molar-refractivity contribution is 6.13. The molecule has 1 heterocycles. The van der Waals surface area contributed by atoms with Crippen LogP contribution in [0, 0.1) is 0 Å². The number of hydrogen-bond donors (Lipinski definition) is 0. The summed E-state index contributed by atoms with van der Waals surface area (Å²) in [5, 5.41) is 2.16. The Balaban J connectivity index is 1.64. The molecule has 31 heavy (non-hydrogen) atoms. The number of rotatable bonds is 8. The van der Waals surface area contributed by atoms with Crippen molar-refractivity contribution in [3.8, 4) is 11.5 Å². The molecule has 0 saturated heterocycles. The van der Waals surface area contributed by atoms with Crippen LogP contribution < -0.4 is 9.47 Å². The van der Waals surface area contributed by atoms with Crippen molar-refractivity contribution in [1.29, 1.82) is 0 Å². The first-order valence-corrected chi connectivity index (χ1v) is 9.81. The van der Waals surface area contributed by atoms with Crippen LogP contribution in [-0.4, -0.2) is 25.1 Å². The highest BCUT2D eigenvalue weighted by Crippen LogP contribution is 2.30. The largest absolute Gasteiger partial charge is 0.486 e. The van der Waals surface area contributed by atoms with Crippen LogP contribution in [0.2, 0.25) is 0 Å². The van der Waals surface area contributed by atoms with Gasteiger partial charge in [-0.25, -0.2) is 9.79 Å². The third-order valence-corrected chi connectivity index (χ3v) is 4.60. The van der Waals surface area contributed by atoms with Gasteiger partial charge in [-0.1, -0.05) is 61.7 Å². The fourth-order valence-electron chi connectivity index (χ4n) is 3.16. The lowest BCUT2D eigenvalue weighted by molar-refractivity contribution is -0.129. The summed E-state index contributed by atoms with van der Waals surface area (Å²) in [4.78, 5) is 16.8. The van der Waals surface area contributed by atoms with Gasteiger partial charge in [-0.05, 0) is 46.7 Å². The van der Waals surface area contributed by atoms with Crippen LogP contribution >= 0.6 is 0 Å². The van der Waals surface area contributed by atoms with E-state index in [-0.39, 0.29) is 11.6 Å². The first kappa shape index (κ1) is 20.2. The maximum Gasteiger partial charge on any atom is 0.363 e. The lowest BCUT2D eigenvalue weighted by Gasteiger charge is -2.11. The summed E-state index contributed by atoms with van der Waals surface area (Å²) in [6.45, 7) is 8.01. The molecule has 1 aliphatic heterocycles. The summed E-state index contributed by atoms with van der Waals surface area (Å²) in [6.07, 6.45) is 4.97. The van der Waals surface area contributed by atoms with Gasteiger partial charge in [-0.2, -0.15) is 0 Å². The molecule has 0 radical (unpaired) electrons. The Morgan fingerprint density at radius 2 is 1.61 bits per heavy atom. The minimum atomic E-state index is -0.497. The Labute approximate surface area is 180 Å². The van der Waals surface area contributed by atoms with Gasteiger partial charge in [-0.3, -0.25) is 0 Å². The van der Waals surface area contributed by atoms with Gasteiger partial charge in [0, 0.05) is 5.56 Å². The second-order valence-corrected chi connectivity index (χ2v) is 6.80. The van der Waals surface area contributed by atoms with Crippen molar-refractivity contribution < 1.29 is 19.0 Å². The predicted octanol–water partition coefficient (Wildman–Crippen LogP) is 5.31. The first-order chi connectivity index (χ1) is 15.2. The first-order valence-electron chi connectivity index (χ1n) is 9.81. The van der Waals surface area contributed by atoms with Crippen LogP contribution in [0.1, 0.15) is 11.1 Å². The molecule has 0 spiro atoms.